The van der Waals surface area contributed by atoms with E-state index >= 15 is 0 Å². The SMILES string of the molecule is CC(C)c1cnc(C(C)(C)CCC(C)(C)c2cnc(C(C)(C)C)c3nsnc23)c2ccccc12. The van der Waals surface area contributed by atoms with Crippen molar-refractivity contribution in [2.45, 2.75) is 97.3 Å². The molecule has 0 aliphatic carbocycles. The van der Waals surface area contributed by atoms with Crippen LogP contribution in [0, 0.1) is 0 Å². The number of hydrogen-bond acceptors (Lipinski definition) is 5. The standard InChI is InChI=1S/C29H38N4S/c1-18(2)21-16-30-25(20-13-11-10-12-19(20)21)29(8,9)15-14-28(6,7)22-17-31-26(27(3,4)5)24-23(22)32-34-33-24/h10-13,16-18H,14-15H2,1-9H3. The quantitative estimate of drug-likeness (QED) is 0.283. The van der Waals surface area contributed by atoms with E-state index in [1.807, 2.05) is 6.20 Å². The Hall–Kier alpha value is -2.40. The van der Waals surface area contributed by atoms with Crippen molar-refractivity contribution >= 4 is 33.5 Å². The lowest BCUT2D eigenvalue weighted by atomic mass is 9.73. The minimum Gasteiger partial charge on any atom is -0.260 e. The fraction of sp³-hybridized carbons (Fsp3) is 0.517. The average molecular weight is 475 g/mol. The third kappa shape index (κ3) is 4.47. The molecular weight excluding hydrogens is 436 g/mol. The van der Waals surface area contributed by atoms with E-state index in [9.17, 15) is 0 Å². The summed E-state index contributed by atoms with van der Waals surface area (Å²) in [5, 5.41) is 2.60. The summed E-state index contributed by atoms with van der Waals surface area (Å²) in [6, 6.07) is 8.74. The average Bonchev–Trinajstić information content (AvgIpc) is 3.25. The maximum atomic E-state index is 5.02. The number of fused-ring (bicyclic) bond motifs is 2. The first kappa shape index (κ1) is 24.7. The van der Waals surface area contributed by atoms with Crippen molar-refractivity contribution in [1.29, 1.82) is 0 Å². The van der Waals surface area contributed by atoms with Crippen molar-refractivity contribution in [3.63, 3.8) is 0 Å². The Kier molecular flexibility index (Phi) is 6.30. The van der Waals surface area contributed by atoms with Crippen LogP contribution in [0.2, 0.25) is 0 Å². The van der Waals surface area contributed by atoms with E-state index in [0.29, 0.717) is 5.92 Å². The molecule has 4 rings (SSSR count). The van der Waals surface area contributed by atoms with E-state index in [0.717, 1.165) is 29.6 Å². The summed E-state index contributed by atoms with van der Waals surface area (Å²) in [4.78, 5) is 9.90. The summed E-state index contributed by atoms with van der Waals surface area (Å²) < 4.78 is 9.34. The molecule has 0 amide bonds. The van der Waals surface area contributed by atoms with E-state index in [2.05, 4.69) is 97.1 Å². The second kappa shape index (κ2) is 8.67. The Labute approximate surface area is 208 Å². The van der Waals surface area contributed by atoms with E-state index in [1.165, 1.54) is 39.3 Å². The van der Waals surface area contributed by atoms with Crippen LogP contribution in [-0.4, -0.2) is 18.7 Å². The van der Waals surface area contributed by atoms with Crippen LogP contribution in [0.4, 0.5) is 0 Å². The molecule has 5 heteroatoms. The van der Waals surface area contributed by atoms with Gasteiger partial charge in [0, 0.05) is 34.2 Å². The monoisotopic (exact) mass is 474 g/mol. The van der Waals surface area contributed by atoms with Gasteiger partial charge in [-0.05, 0) is 35.1 Å². The molecular formula is C29H38N4S. The Morgan fingerprint density at radius 3 is 1.97 bits per heavy atom. The molecule has 3 heterocycles. The van der Waals surface area contributed by atoms with Crippen LogP contribution in [0.1, 0.15) is 104 Å². The van der Waals surface area contributed by atoms with Gasteiger partial charge in [-0.25, -0.2) is 0 Å². The van der Waals surface area contributed by atoms with Crippen molar-refractivity contribution < 1.29 is 0 Å². The van der Waals surface area contributed by atoms with Crippen molar-refractivity contribution in [3.8, 4) is 0 Å². The van der Waals surface area contributed by atoms with Gasteiger partial charge in [0.15, 0.2) is 0 Å². The summed E-state index contributed by atoms with van der Waals surface area (Å²) in [6.07, 6.45) is 6.15. The number of benzene rings is 1. The molecule has 0 bridgehead atoms. The lowest BCUT2D eigenvalue weighted by Crippen LogP contribution is -2.26. The molecule has 0 atom stereocenters. The number of nitrogens with zero attached hydrogens (tertiary/aromatic N) is 4. The molecule has 0 saturated heterocycles. The third-order valence-corrected chi connectivity index (χ3v) is 7.72. The Balaban J connectivity index is 1.67. The molecule has 0 aliphatic heterocycles. The summed E-state index contributed by atoms with van der Waals surface area (Å²) in [7, 11) is 0. The smallest absolute Gasteiger partial charge is 0.127 e. The first-order valence-electron chi connectivity index (χ1n) is 12.3. The molecule has 3 aromatic heterocycles. The lowest BCUT2D eigenvalue weighted by Gasteiger charge is -2.32. The highest BCUT2D eigenvalue weighted by molar-refractivity contribution is 7.00. The van der Waals surface area contributed by atoms with Crippen LogP contribution in [-0.2, 0) is 16.2 Å². The fourth-order valence-corrected chi connectivity index (χ4v) is 5.47. The van der Waals surface area contributed by atoms with Crippen molar-refractivity contribution in [2.24, 2.45) is 0 Å². The van der Waals surface area contributed by atoms with E-state index < -0.39 is 0 Å². The van der Waals surface area contributed by atoms with Crippen molar-refractivity contribution in [3.05, 3.63) is 59.2 Å². The van der Waals surface area contributed by atoms with Crippen molar-refractivity contribution in [1.82, 2.24) is 18.7 Å². The molecule has 0 radical (unpaired) electrons. The first-order chi connectivity index (χ1) is 15.8. The second-order valence-electron chi connectivity index (χ2n) is 12.3. The zero-order valence-electron chi connectivity index (χ0n) is 22.2. The zero-order chi connectivity index (χ0) is 24.9. The topological polar surface area (TPSA) is 51.6 Å². The highest BCUT2D eigenvalue weighted by atomic mass is 32.1. The molecule has 0 saturated carbocycles. The number of rotatable bonds is 6. The predicted molar refractivity (Wildman–Crippen MR) is 145 cm³/mol. The molecule has 0 fully saturated rings. The van der Waals surface area contributed by atoms with Crippen molar-refractivity contribution in [2.75, 3.05) is 0 Å². The fourth-order valence-electron chi connectivity index (χ4n) is 4.91. The van der Waals surface area contributed by atoms with Gasteiger partial charge in [-0.3, -0.25) is 9.97 Å². The molecule has 1 aromatic carbocycles. The Morgan fingerprint density at radius 2 is 1.32 bits per heavy atom. The third-order valence-electron chi connectivity index (χ3n) is 7.19. The van der Waals surface area contributed by atoms with Crippen LogP contribution in [0.5, 0.6) is 0 Å². The summed E-state index contributed by atoms with van der Waals surface area (Å²) >= 11 is 1.29. The number of hydrogen-bond donors (Lipinski definition) is 0. The van der Waals surface area contributed by atoms with Gasteiger partial charge in [0.05, 0.1) is 23.1 Å². The van der Waals surface area contributed by atoms with Gasteiger partial charge in [-0.15, -0.1) is 0 Å². The summed E-state index contributed by atoms with van der Waals surface area (Å²) in [5.74, 6) is 0.450. The Bertz CT molecular complexity index is 1330. The molecule has 4 aromatic rings. The summed E-state index contributed by atoms with van der Waals surface area (Å²) in [6.45, 7) is 20.3. The van der Waals surface area contributed by atoms with Gasteiger partial charge >= 0.3 is 0 Å². The van der Waals surface area contributed by atoms with Crippen LogP contribution in [0.15, 0.2) is 36.7 Å². The van der Waals surface area contributed by atoms with Crippen LogP contribution < -0.4 is 0 Å². The van der Waals surface area contributed by atoms with Gasteiger partial charge in [0.25, 0.3) is 0 Å². The number of aromatic nitrogens is 4. The maximum absolute atomic E-state index is 5.02. The Morgan fingerprint density at radius 1 is 0.735 bits per heavy atom. The minimum atomic E-state index is -0.0810. The molecule has 0 unspecified atom stereocenters. The molecule has 4 nitrogen and oxygen atoms in total. The zero-order valence-corrected chi connectivity index (χ0v) is 23.0. The first-order valence-corrected chi connectivity index (χ1v) is 13.1. The summed E-state index contributed by atoms with van der Waals surface area (Å²) in [5.41, 5.74) is 6.48. The van der Waals surface area contributed by atoms with Crippen LogP contribution in [0.25, 0.3) is 21.8 Å². The van der Waals surface area contributed by atoms with E-state index in [-0.39, 0.29) is 16.2 Å². The molecule has 180 valence electrons. The van der Waals surface area contributed by atoms with Crippen LogP contribution in [0.3, 0.4) is 0 Å². The lowest BCUT2D eigenvalue weighted by molar-refractivity contribution is 0.371. The largest absolute Gasteiger partial charge is 0.260 e. The van der Waals surface area contributed by atoms with Gasteiger partial charge in [0.2, 0.25) is 0 Å². The molecule has 34 heavy (non-hydrogen) atoms. The van der Waals surface area contributed by atoms with E-state index in [4.69, 9.17) is 14.3 Å². The van der Waals surface area contributed by atoms with Gasteiger partial charge in [-0.2, -0.15) is 8.75 Å². The second-order valence-corrected chi connectivity index (χ2v) is 12.8. The molecule has 0 N–H and O–H groups in total. The van der Waals surface area contributed by atoms with E-state index in [1.54, 1.807) is 0 Å². The van der Waals surface area contributed by atoms with Crippen LogP contribution >= 0.6 is 11.7 Å². The minimum absolute atomic E-state index is 0.0620. The highest BCUT2D eigenvalue weighted by Gasteiger charge is 2.33. The predicted octanol–water partition coefficient (Wildman–Crippen LogP) is 8.09. The molecule has 0 aliphatic rings. The highest BCUT2D eigenvalue weighted by Crippen LogP contribution is 2.41. The normalized spacial score (nSPS) is 13.4. The molecule has 0 spiro atoms. The van der Waals surface area contributed by atoms with Gasteiger partial charge in [-0.1, -0.05) is 86.6 Å². The number of pyridine rings is 2. The van der Waals surface area contributed by atoms with Gasteiger partial charge < -0.3 is 0 Å². The maximum Gasteiger partial charge on any atom is 0.127 e. The van der Waals surface area contributed by atoms with Gasteiger partial charge in [0.1, 0.15) is 11.0 Å².